The van der Waals surface area contributed by atoms with Crippen LogP contribution in [0.15, 0.2) is 18.3 Å². The molecule has 0 aromatic carbocycles. The molecule has 0 saturated carbocycles. The molecule has 3 nitrogen and oxygen atoms in total. The van der Waals surface area contributed by atoms with Gasteiger partial charge < -0.3 is 10.2 Å². The average molecular weight is 235 g/mol. The second-order valence-corrected chi connectivity index (χ2v) is 4.45. The Hall–Kier alpha value is -1.25. The summed E-state index contributed by atoms with van der Waals surface area (Å²) >= 11 is 0. The topological polar surface area (TPSA) is 28.2 Å². The second-order valence-electron chi connectivity index (χ2n) is 4.45. The van der Waals surface area contributed by atoms with Gasteiger partial charge in [-0.05, 0) is 18.9 Å². The monoisotopic (exact) mass is 235 g/mol. The van der Waals surface area contributed by atoms with Gasteiger partial charge in [0, 0.05) is 38.1 Å². The summed E-state index contributed by atoms with van der Waals surface area (Å²) in [5, 5.41) is 3.32. The van der Waals surface area contributed by atoms with Gasteiger partial charge in [-0.2, -0.15) is 0 Å². The van der Waals surface area contributed by atoms with Crippen molar-refractivity contribution in [2.45, 2.75) is 39.5 Å². The standard InChI is InChI=1S/C14H25N3/c1-4-6-7-11-17(3)13-8-10-16-14(12-13)15-9-5-2/h8,10,12H,4-7,9,11H2,1-3H3,(H,15,16). The average Bonchev–Trinajstić information content (AvgIpc) is 2.37. The third-order valence-corrected chi connectivity index (χ3v) is 2.84. The zero-order valence-corrected chi connectivity index (χ0v) is 11.4. The highest BCUT2D eigenvalue weighted by Gasteiger charge is 2.02. The number of rotatable bonds is 8. The molecule has 0 unspecified atom stereocenters. The van der Waals surface area contributed by atoms with Crippen LogP contribution in [0.5, 0.6) is 0 Å². The molecular weight excluding hydrogens is 210 g/mol. The first-order chi connectivity index (χ1) is 8.27. The van der Waals surface area contributed by atoms with Crippen molar-refractivity contribution in [1.29, 1.82) is 0 Å². The number of pyridine rings is 1. The number of nitrogens with zero attached hydrogens (tertiary/aromatic N) is 2. The van der Waals surface area contributed by atoms with E-state index in [4.69, 9.17) is 0 Å². The Balaban J connectivity index is 2.51. The molecule has 96 valence electrons. The molecule has 0 fully saturated rings. The minimum atomic E-state index is 0.978. The van der Waals surface area contributed by atoms with Gasteiger partial charge >= 0.3 is 0 Å². The van der Waals surface area contributed by atoms with Crippen molar-refractivity contribution in [1.82, 2.24) is 4.98 Å². The van der Waals surface area contributed by atoms with Crippen molar-refractivity contribution in [2.75, 3.05) is 30.4 Å². The van der Waals surface area contributed by atoms with Crippen LogP contribution < -0.4 is 10.2 Å². The van der Waals surface area contributed by atoms with Gasteiger partial charge in [0.2, 0.25) is 0 Å². The van der Waals surface area contributed by atoms with E-state index in [-0.39, 0.29) is 0 Å². The predicted molar refractivity (Wildman–Crippen MR) is 75.8 cm³/mol. The highest BCUT2D eigenvalue weighted by atomic mass is 15.1. The van der Waals surface area contributed by atoms with Crippen LogP contribution in [-0.4, -0.2) is 25.1 Å². The lowest BCUT2D eigenvalue weighted by molar-refractivity contribution is 0.705. The van der Waals surface area contributed by atoms with Gasteiger partial charge in [0.05, 0.1) is 0 Å². The molecule has 0 atom stereocenters. The van der Waals surface area contributed by atoms with Crippen LogP contribution in [0, 0.1) is 0 Å². The van der Waals surface area contributed by atoms with Crippen molar-refractivity contribution in [2.24, 2.45) is 0 Å². The summed E-state index contributed by atoms with van der Waals surface area (Å²) in [5.74, 6) is 0.978. The van der Waals surface area contributed by atoms with Gasteiger partial charge in [-0.3, -0.25) is 0 Å². The van der Waals surface area contributed by atoms with E-state index in [1.54, 1.807) is 0 Å². The maximum Gasteiger partial charge on any atom is 0.127 e. The maximum atomic E-state index is 4.32. The van der Waals surface area contributed by atoms with Crippen LogP contribution in [0.4, 0.5) is 11.5 Å². The summed E-state index contributed by atoms with van der Waals surface area (Å²) in [6, 6.07) is 4.20. The predicted octanol–water partition coefficient (Wildman–Crippen LogP) is 3.53. The lowest BCUT2D eigenvalue weighted by Crippen LogP contribution is -2.18. The molecule has 1 aromatic heterocycles. The quantitative estimate of drug-likeness (QED) is 0.699. The molecule has 0 bridgehead atoms. The van der Waals surface area contributed by atoms with Gasteiger partial charge in [0.15, 0.2) is 0 Å². The van der Waals surface area contributed by atoms with Gasteiger partial charge in [-0.15, -0.1) is 0 Å². The Morgan fingerprint density at radius 1 is 1.24 bits per heavy atom. The summed E-state index contributed by atoms with van der Waals surface area (Å²) in [6.45, 7) is 6.49. The van der Waals surface area contributed by atoms with E-state index in [1.165, 1.54) is 24.9 Å². The number of hydrogen-bond acceptors (Lipinski definition) is 3. The first-order valence-corrected chi connectivity index (χ1v) is 6.69. The molecule has 0 radical (unpaired) electrons. The lowest BCUT2D eigenvalue weighted by Gasteiger charge is -2.19. The maximum absolute atomic E-state index is 4.32. The van der Waals surface area contributed by atoms with Crippen molar-refractivity contribution in [3.8, 4) is 0 Å². The van der Waals surface area contributed by atoms with E-state index in [0.29, 0.717) is 0 Å². The molecular formula is C14H25N3. The first-order valence-electron chi connectivity index (χ1n) is 6.69. The van der Waals surface area contributed by atoms with Gasteiger partial charge in [0.1, 0.15) is 5.82 Å². The summed E-state index contributed by atoms with van der Waals surface area (Å²) in [5.41, 5.74) is 1.25. The van der Waals surface area contributed by atoms with Crippen LogP contribution >= 0.6 is 0 Å². The number of nitrogens with one attached hydrogen (secondary N) is 1. The number of aromatic nitrogens is 1. The molecule has 0 saturated heterocycles. The molecule has 1 rings (SSSR count). The summed E-state index contributed by atoms with van der Waals surface area (Å²) in [7, 11) is 2.15. The van der Waals surface area contributed by atoms with Crippen molar-refractivity contribution >= 4 is 11.5 Å². The van der Waals surface area contributed by atoms with Crippen molar-refractivity contribution in [3.63, 3.8) is 0 Å². The fourth-order valence-corrected chi connectivity index (χ4v) is 1.73. The smallest absolute Gasteiger partial charge is 0.127 e. The summed E-state index contributed by atoms with van der Waals surface area (Å²) in [6.07, 6.45) is 6.83. The molecule has 3 heteroatoms. The fraction of sp³-hybridized carbons (Fsp3) is 0.643. The van der Waals surface area contributed by atoms with E-state index in [9.17, 15) is 0 Å². The van der Waals surface area contributed by atoms with Crippen LogP contribution in [0.1, 0.15) is 39.5 Å². The van der Waals surface area contributed by atoms with E-state index in [0.717, 1.165) is 25.3 Å². The van der Waals surface area contributed by atoms with Crippen molar-refractivity contribution in [3.05, 3.63) is 18.3 Å². The van der Waals surface area contributed by atoms with Gasteiger partial charge in [-0.1, -0.05) is 26.7 Å². The zero-order valence-electron chi connectivity index (χ0n) is 11.4. The Kier molecular flexibility index (Phi) is 6.45. The van der Waals surface area contributed by atoms with E-state index in [2.05, 4.69) is 48.2 Å². The SMILES string of the molecule is CCCCCN(C)c1ccnc(NCCC)c1. The largest absolute Gasteiger partial charge is 0.374 e. The third-order valence-electron chi connectivity index (χ3n) is 2.84. The molecule has 0 aliphatic carbocycles. The molecule has 0 amide bonds. The van der Waals surface area contributed by atoms with Crippen LogP contribution in [-0.2, 0) is 0 Å². The van der Waals surface area contributed by atoms with Crippen LogP contribution in [0.25, 0.3) is 0 Å². The number of unbranched alkanes of at least 4 members (excludes halogenated alkanes) is 2. The molecule has 1 heterocycles. The Bertz CT molecular complexity index is 312. The molecule has 0 aliphatic heterocycles. The lowest BCUT2D eigenvalue weighted by atomic mass is 10.2. The third kappa shape index (κ3) is 5.07. The minimum absolute atomic E-state index is 0.978. The number of hydrogen-bond donors (Lipinski definition) is 1. The Labute approximate surface area is 105 Å². The fourth-order valence-electron chi connectivity index (χ4n) is 1.73. The zero-order chi connectivity index (χ0) is 12.5. The van der Waals surface area contributed by atoms with Crippen LogP contribution in [0.2, 0.25) is 0 Å². The molecule has 0 spiro atoms. The normalized spacial score (nSPS) is 10.3. The van der Waals surface area contributed by atoms with E-state index >= 15 is 0 Å². The first kappa shape index (κ1) is 13.8. The van der Waals surface area contributed by atoms with E-state index in [1.807, 2.05) is 6.20 Å². The second kappa shape index (κ2) is 7.93. The molecule has 1 N–H and O–H groups in total. The Morgan fingerprint density at radius 3 is 2.76 bits per heavy atom. The minimum Gasteiger partial charge on any atom is -0.374 e. The molecule has 0 aliphatic rings. The highest BCUT2D eigenvalue weighted by molar-refractivity contribution is 5.53. The van der Waals surface area contributed by atoms with Crippen molar-refractivity contribution < 1.29 is 0 Å². The van der Waals surface area contributed by atoms with Crippen LogP contribution in [0.3, 0.4) is 0 Å². The number of anilines is 2. The molecule has 17 heavy (non-hydrogen) atoms. The highest BCUT2D eigenvalue weighted by Crippen LogP contribution is 2.16. The summed E-state index contributed by atoms with van der Waals surface area (Å²) < 4.78 is 0. The van der Waals surface area contributed by atoms with E-state index < -0.39 is 0 Å². The summed E-state index contributed by atoms with van der Waals surface area (Å²) in [4.78, 5) is 6.62. The molecule has 1 aromatic rings. The Morgan fingerprint density at radius 2 is 2.06 bits per heavy atom. The van der Waals surface area contributed by atoms with Gasteiger partial charge in [-0.25, -0.2) is 4.98 Å². The van der Waals surface area contributed by atoms with Gasteiger partial charge in [0.25, 0.3) is 0 Å².